The van der Waals surface area contributed by atoms with Gasteiger partial charge in [-0.3, -0.25) is 14.6 Å². The molecule has 4 unspecified atom stereocenters. The Morgan fingerprint density at radius 3 is 2.68 bits per heavy atom. The molecule has 2 aromatic rings. The third-order valence-corrected chi connectivity index (χ3v) is 8.89. The third kappa shape index (κ3) is 5.52. The number of likely N-dealkylation sites (N-methyl/N-ethyl adjacent to an activating group) is 1. The number of likely N-dealkylation sites (tertiary alicyclic amines) is 1. The van der Waals surface area contributed by atoms with Gasteiger partial charge in [-0.2, -0.15) is 0 Å². The average molecular weight is 546 g/mol. The van der Waals surface area contributed by atoms with Crippen LogP contribution >= 0.6 is 11.6 Å². The minimum atomic E-state index is -0.761. The predicted octanol–water partition coefficient (Wildman–Crippen LogP) is 3.71. The molecule has 9 nitrogen and oxygen atoms in total. The summed E-state index contributed by atoms with van der Waals surface area (Å²) in [5.74, 6) is 0.184. The highest BCUT2D eigenvalue weighted by molar-refractivity contribution is 6.31. The number of anilines is 1. The fourth-order valence-electron chi connectivity index (χ4n) is 6.41. The molecule has 4 atom stereocenters. The number of aromatic nitrogens is 1. The zero-order valence-electron chi connectivity index (χ0n) is 22.4. The Bertz CT molecular complexity index is 1150. The highest BCUT2D eigenvalue weighted by Crippen LogP contribution is 2.35. The van der Waals surface area contributed by atoms with Crippen molar-refractivity contribution >= 4 is 40.2 Å². The van der Waals surface area contributed by atoms with E-state index in [0.29, 0.717) is 24.7 Å². The highest BCUT2D eigenvalue weighted by Gasteiger charge is 2.39. The number of nitrogens with zero attached hydrogens (tertiary/aromatic N) is 3. The molecule has 1 aromatic heterocycles. The second kappa shape index (κ2) is 11.8. The Labute approximate surface area is 229 Å². The summed E-state index contributed by atoms with van der Waals surface area (Å²) in [4.78, 5) is 29.1. The van der Waals surface area contributed by atoms with Gasteiger partial charge in [-0.05, 0) is 63.8 Å². The molecule has 3 heterocycles. The summed E-state index contributed by atoms with van der Waals surface area (Å²) in [6.07, 6.45) is 8.35. The number of hydrogen-bond acceptors (Lipinski definition) is 6. The van der Waals surface area contributed by atoms with E-state index >= 15 is 0 Å². The SMILES string of the molecule is CNC(C)C(=O)NC(C1CCCCC1)C(O)N1CCCC1Cn1cc(N2CCOC2=O)c2cc(Cl)ccc21. The number of aliphatic hydroxyl groups is 1. The standard InChI is InChI=1S/C28H40ClN5O4/c1-18(30-2)26(35)31-25(19-7-4-3-5-8-19)27(36)33-12-6-9-21(33)16-32-17-24(34-13-14-38-28(34)37)22-15-20(29)10-11-23(22)32/h10-11,15,17-19,21,25,27,30,36H,3-9,12-14,16H2,1-2H3,(H,31,35). The second-order valence-electron chi connectivity index (χ2n) is 11.0. The lowest BCUT2D eigenvalue weighted by atomic mass is 9.82. The zero-order valence-corrected chi connectivity index (χ0v) is 23.1. The van der Waals surface area contributed by atoms with Crippen LogP contribution in [0.15, 0.2) is 24.4 Å². The minimum Gasteiger partial charge on any atom is -0.447 e. The van der Waals surface area contributed by atoms with Gasteiger partial charge in [-0.1, -0.05) is 30.9 Å². The molecule has 2 saturated heterocycles. The van der Waals surface area contributed by atoms with E-state index in [-0.39, 0.29) is 36.0 Å². The lowest BCUT2D eigenvalue weighted by molar-refractivity contribution is -0.127. The summed E-state index contributed by atoms with van der Waals surface area (Å²) in [5, 5.41) is 19.5. The molecule has 2 amide bonds. The Kier molecular flexibility index (Phi) is 8.47. The molecule has 5 rings (SSSR count). The van der Waals surface area contributed by atoms with Gasteiger partial charge in [0.25, 0.3) is 0 Å². The third-order valence-electron chi connectivity index (χ3n) is 8.66. The van der Waals surface area contributed by atoms with Crippen LogP contribution in [0.3, 0.4) is 0 Å². The van der Waals surface area contributed by atoms with Crippen LogP contribution in [0.4, 0.5) is 10.5 Å². The maximum Gasteiger partial charge on any atom is 0.414 e. The van der Waals surface area contributed by atoms with Crippen LogP contribution in [0.2, 0.25) is 5.02 Å². The van der Waals surface area contributed by atoms with E-state index in [1.165, 1.54) is 6.42 Å². The number of rotatable bonds is 9. The molecule has 38 heavy (non-hydrogen) atoms. The maximum absolute atomic E-state index is 12.9. The van der Waals surface area contributed by atoms with E-state index in [4.69, 9.17) is 16.3 Å². The molecule has 208 valence electrons. The summed E-state index contributed by atoms with van der Waals surface area (Å²) < 4.78 is 7.36. The van der Waals surface area contributed by atoms with Gasteiger partial charge in [0.1, 0.15) is 12.8 Å². The van der Waals surface area contributed by atoms with Crippen molar-refractivity contribution in [3.05, 3.63) is 29.4 Å². The van der Waals surface area contributed by atoms with Gasteiger partial charge in [-0.15, -0.1) is 0 Å². The quantitative estimate of drug-likeness (QED) is 0.444. The second-order valence-corrected chi connectivity index (χ2v) is 11.4. The lowest BCUT2D eigenvalue weighted by Gasteiger charge is -2.40. The molecule has 3 aliphatic rings. The lowest BCUT2D eigenvalue weighted by Crippen LogP contribution is -2.59. The number of benzene rings is 1. The molecular formula is C28H40ClN5O4. The van der Waals surface area contributed by atoms with Gasteiger partial charge in [0, 0.05) is 35.7 Å². The number of carbonyl (C=O) groups excluding carboxylic acids is 2. The molecule has 1 aliphatic carbocycles. The highest BCUT2D eigenvalue weighted by atomic mass is 35.5. The van der Waals surface area contributed by atoms with Crippen LogP contribution < -0.4 is 15.5 Å². The average Bonchev–Trinajstić information content (AvgIpc) is 3.65. The number of carbonyl (C=O) groups is 2. The molecule has 1 aromatic carbocycles. The minimum absolute atomic E-state index is 0.0757. The summed E-state index contributed by atoms with van der Waals surface area (Å²) in [6, 6.07) is 5.21. The Hall–Kier alpha value is -2.33. The molecule has 0 bridgehead atoms. The van der Waals surface area contributed by atoms with Gasteiger partial charge < -0.3 is 25.0 Å². The number of fused-ring (bicyclic) bond motifs is 1. The van der Waals surface area contributed by atoms with Crippen molar-refractivity contribution < 1.29 is 19.4 Å². The number of aliphatic hydroxyl groups excluding tert-OH is 1. The van der Waals surface area contributed by atoms with Gasteiger partial charge in [0.05, 0.1) is 29.8 Å². The predicted molar refractivity (Wildman–Crippen MR) is 148 cm³/mol. The van der Waals surface area contributed by atoms with E-state index in [2.05, 4.69) is 20.1 Å². The van der Waals surface area contributed by atoms with Crippen LogP contribution in [0.25, 0.3) is 10.9 Å². The van der Waals surface area contributed by atoms with E-state index < -0.39 is 6.23 Å². The molecule has 10 heteroatoms. The number of nitrogens with one attached hydrogen (secondary N) is 2. The van der Waals surface area contributed by atoms with Crippen molar-refractivity contribution in [2.45, 2.75) is 82.8 Å². The molecule has 1 saturated carbocycles. The molecule has 3 N–H and O–H groups in total. The number of cyclic esters (lactones) is 1. The first kappa shape index (κ1) is 27.2. The van der Waals surface area contributed by atoms with Crippen LogP contribution in [0.1, 0.15) is 51.9 Å². The van der Waals surface area contributed by atoms with Crippen molar-refractivity contribution in [2.75, 3.05) is 31.6 Å². The summed E-state index contributed by atoms with van der Waals surface area (Å²) in [7, 11) is 1.78. The van der Waals surface area contributed by atoms with Gasteiger partial charge in [0.15, 0.2) is 0 Å². The fraction of sp³-hybridized carbons (Fsp3) is 0.643. The Morgan fingerprint density at radius 1 is 1.18 bits per heavy atom. The molecule has 0 spiro atoms. The first-order valence-electron chi connectivity index (χ1n) is 14.0. The molecule has 3 fully saturated rings. The van der Waals surface area contributed by atoms with Crippen LogP contribution in [0, 0.1) is 5.92 Å². The van der Waals surface area contributed by atoms with E-state index in [0.717, 1.165) is 61.7 Å². The Morgan fingerprint density at radius 2 is 1.97 bits per heavy atom. The van der Waals surface area contributed by atoms with E-state index in [1.807, 2.05) is 31.3 Å². The number of ether oxygens (including phenoxy) is 1. The van der Waals surface area contributed by atoms with Crippen LogP contribution in [-0.4, -0.2) is 77.7 Å². The van der Waals surface area contributed by atoms with Crippen molar-refractivity contribution in [3.8, 4) is 0 Å². The normalized spacial score (nSPS) is 23.5. The van der Waals surface area contributed by atoms with Gasteiger partial charge in [0.2, 0.25) is 5.91 Å². The van der Waals surface area contributed by atoms with E-state index in [1.54, 1.807) is 11.9 Å². The fourth-order valence-corrected chi connectivity index (χ4v) is 6.59. The van der Waals surface area contributed by atoms with Crippen LogP contribution in [0.5, 0.6) is 0 Å². The van der Waals surface area contributed by atoms with Crippen molar-refractivity contribution in [3.63, 3.8) is 0 Å². The molecular weight excluding hydrogens is 506 g/mol. The number of amides is 2. The first-order chi connectivity index (χ1) is 18.4. The molecule has 2 aliphatic heterocycles. The Balaban J connectivity index is 1.40. The number of halogens is 1. The zero-order chi connectivity index (χ0) is 26.8. The summed E-state index contributed by atoms with van der Waals surface area (Å²) in [5.41, 5.74) is 1.79. The smallest absolute Gasteiger partial charge is 0.414 e. The number of hydrogen-bond donors (Lipinski definition) is 3. The summed E-state index contributed by atoms with van der Waals surface area (Å²) in [6.45, 7) is 4.16. The topological polar surface area (TPSA) is 99.1 Å². The van der Waals surface area contributed by atoms with Gasteiger partial charge >= 0.3 is 6.09 Å². The van der Waals surface area contributed by atoms with E-state index in [9.17, 15) is 14.7 Å². The molecule has 0 radical (unpaired) electrons. The van der Waals surface area contributed by atoms with Crippen LogP contribution in [-0.2, 0) is 16.1 Å². The maximum atomic E-state index is 12.9. The van der Waals surface area contributed by atoms with Gasteiger partial charge in [-0.25, -0.2) is 4.79 Å². The van der Waals surface area contributed by atoms with Crippen molar-refractivity contribution in [1.82, 2.24) is 20.1 Å². The first-order valence-corrected chi connectivity index (χ1v) is 14.4. The van der Waals surface area contributed by atoms with Crippen molar-refractivity contribution in [1.29, 1.82) is 0 Å². The van der Waals surface area contributed by atoms with Crippen molar-refractivity contribution in [2.24, 2.45) is 5.92 Å². The largest absolute Gasteiger partial charge is 0.447 e. The monoisotopic (exact) mass is 545 g/mol. The summed E-state index contributed by atoms with van der Waals surface area (Å²) >= 11 is 6.34.